The number of para-hydroxylation sites is 1. The molecule has 8 heteroatoms. The predicted molar refractivity (Wildman–Crippen MR) is 135 cm³/mol. The molecule has 35 heavy (non-hydrogen) atoms. The van der Waals surface area contributed by atoms with Gasteiger partial charge in [0, 0.05) is 17.3 Å². The molecular formula is C27H30N2O5S. The Morgan fingerprint density at radius 1 is 0.800 bits per heavy atom. The van der Waals surface area contributed by atoms with E-state index in [1.165, 1.54) is 12.1 Å². The summed E-state index contributed by atoms with van der Waals surface area (Å²) in [6.45, 7) is 0.718. The molecule has 1 aliphatic rings. The Balaban J connectivity index is 1.29. The Hall–Kier alpha value is -3.36. The van der Waals surface area contributed by atoms with Crippen LogP contribution in [0, 0.1) is 0 Å². The first-order valence-electron chi connectivity index (χ1n) is 11.8. The minimum atomic E-state index is -3.58. The van der Waals surface area contributed by atoms with Gasteiger partial charge in [-0.15, -0.1) is 0 Å². The zero-order valence-corrected chi connectivity index (χ0v) is 20.3. The summed E-state index contributed by atoms with van der Waals surface area (Å²) in [5.41, 5.74) is 0.941. The molecule has 1 amide bonds. The Kier molecular flexibility index (Phi) is 8.39. The lowest BCUT2D eigenvalue weighted by molar-refractivity contribution is 0.102. The van der Waals surface area contributed by atoms with E-state index < -0.39 is 10.0 Å². The molecule has 3 aromatic carbocycles. The van der Waals surface area contributed by atoms with Crippen LogP contribution >= 0.6 is 0 Å². The second-order valence-electron chi connectivity index (χ2n) is 8.47. The van der Waals surface area contributed by atoms with E-state index in [2.05, 4.69) is 10.0 Å². The number of carbonyl (C=O) groups excluding carboxylic acids is 1. The summed E-state index contributed by atoms with van der Waals surface area (Å²) in [6.07, 6.45) is 4.99. The minimum Gasteiger partial charge on any atom is -0.490 e. The van der Waals surface area contributed by atoms with E-state index in [1.54, 1.807) is 36.4 Å². The molecule has 4 rings (SSSR count). The van der Waals surface area contributed by atoms with Crippen molar-refractivity contribution < 1.29 is 22.7 Å². The van der Waals surface area contributed by atoms with E-state index in [0.29, 0.717) is 30.2 Å². The van der Waals surface area contributed by atoms with Crippen molar-refractivity contribution in [2.24, 2.45) is 0 Å². The van der Waals surface area contributed by atoms with Gasteiger partial charge >= 0.3 is 0 Å². The van der Waals surface area contributed by atoms with Crippen molar-refractivity contribution in [3.05, 3.63) is 84.4 Å². The molecular weight excluding hydrogens is 464 g/mol. The number of hydrogen-bond donors (Lipinski definition) is 2. The maximum atomic E-state index is 12.7. The molecule has 0 unspecified atom stereocenters. The molecule has 1 fully saturated rings. The predicted octanol–water partition coefficient (Wildman–Crippen LogP) is 5.01. The quantitative estimate of drug-likeness (QED) is 0.387. The first-order valence-corrected chi connectivity index (χ1v) is 13.3. The number of ether oxygens (including phenoxy) is 2. The Bertz CT molecular complexity index is 1210. The first-order chi connectivity index (χ1) is 17.0. The van der Waals surface area contributed by atoms with Gasteiger partial charge in [0.05, 0.1) is 4.90 Å². The van der Waals surface area contributed by atoms with Crippen LogP contribution < -0.4 is 19.5 Å². The fraction of sp³-hybridized carbons (Fsp3) is 0.296. The summed E-state index contributed by atoms with van der Waals surface area (Å²) in [6, 6.07) is 22.5. The van der Waals surface area contributed by atoms with Crippen molar-refractivity contribution in [1.82, 2.24) is 4.72 Å². The maximum Gasteiger partial charge on any atom is 0.255 e. The van der Waals surface area contributed by atoms with E-state index in [9.17, 15) is 13.2 Å². The van der Waals surface area contributed by atoms with Gasteiger partial charge in [0.25, 0.3) is 5.91 Å². The van der Waals surface area contributed by atoms with Crippen LogP contribution in [0.3, 0.4) is 0 Å². The largest absolute Gasteiger partial charge is 0.490 e. The fourth-order valence-corrected chi connectivity index (χ4v) is 5.30. The van der Waals surface area contributed by atoms with Crippen LogP contribution in [0.2, 0.25) is 0 Å². The van der Waals surface area contributed by atoms with Crippen LogP contribution in [0.5, 0.6) is 11.5 Å². The highest BCUT2D eigenvalue weighted by atomic mass is 32.2. The third kappa shape index (κ3) is 7.31. The molecule has 1 saturated carbocycles. The monoisotopic (exact) mass is 494 g/mol. The molecule has 0 aromatic heterocycles. The topological polar surface area (TPSA) is 93.7 Å². The summed E-state index contributed by atoms with van der Waals surface area (Å²) in [7, 11) is -3.58. The van der Waals surface area contributed by atoms with Gasteiger partial charge in [0.1, 0.15) is 24.7 Å². The van der Waals surface area contributed by atoms with E-state index in [0.717, 1.165) is 37.9 Å². The average Bonchev–Trinajstić information content (AvgIpc) is 2.88. The molecule has 0 saturated heterocycles. The third-order valence-electron chi connectivity index (χ3n) is 5.81. The van der Waals surface area contributed by atoms with E-state index in [1.807, 2.05) is 30.3 Å². The van der Waals surface area contributed by atoms with Gasteiger partial charge in [0.15, 0.2) is 0 Å². The van der Waals surface area contributed by atoms with Gasteiger partial charge in [-0.05, 0) is 67.4 Å². The Labute approximate surface area is 206 Å². The zero-order chi connectivity index (χ0) is 24.5. The number of anilines is 1. The van der Waals surface area contributed by atoms with Crippen molar-refractivity contribution in [3.8, 4) is 11.5 Å². The van der Waals surface area contributed by atoms with Crippen LogP contribution in [0.25, 0.3) is 0 Å². The Morgan fingerprint density at radius 3 is 2.17 bits per heavy atom. The van der Waals surface area contributed by atoms with Gasteiger partial charge in [-0.25, -0.2) is 13.1 Å². The smallest absolute Gasteiger partial charge is 0.255 e. The molecule has 184 valence electrons. The number of rotatable bonds is 10. The van der Waals surface area contributed by atoms with Crippen LogP contribution in [0.4, 0.5) is 5.69 Å². The summed E-state index contributed by atoms with van der Waals surface area (Å²) >= 11 is 0. The van der Waals surface area contributed by atoms with E-state index in [4.69, 9.17) is 9.47 Å². The molecule has 3 aromatic rings. The van der Waals surface area contributed by atoms with Crippen LogP contribution in [0.1, 0.15) is 42.5 Å². The normalized spacial score (nSPS) is 14.3. The standard InChI is InChI=1S/C27H30N2O5S/c30-27(21-8-7-13-25(20-21)34-19-18-33-24-11-5-2-6-12-24)28-22-14-16-26(17-15-22)35(31,32)29-23-9-3-1-4-10-23/h2,5-8,11-17,20,23,29H,1,3-4,9-10,18-19H2,(H,28,30). The number of sulfonamides is 1. The third-order valence-corrected chi connectivity index (χ3v) is 7.35. The number of nitrogens with one attached hydrogen (secondary N) is 2. The van der Waals surface area contributed by atoms with Crippen LogP contribution in [-0.4, -0.2) is 33.6 Å². The number of hydrogen-bond acceptors (Lipinski definition) is 5. The molecule has 0 spiro atoms. The highest BCUT2D eigenvalue weighted by Crippen LogP contribution is 2.21. The maximum absolute atomic E-state index is 12.7. The van der Waals surface area contributed by atoms with Crippen molar-refractivity contribution >= 4 is 21.6 Å². The summed E-state index contributed by atoms with van der Waals surface area (Å²) < 4.78 is 39.4. The summed E-state index contributed by atoms with van der Waals surface area (Å²) in [5, 5.41) is 2.80. The lowest BCUT2D eigenvalue weighted by Gasteiger charge is -2.22. The molecule has 0 bridgehead atoms. The van der Waals surface area contributed by atoms with Gasteiger partial charge in [-0.1, -0.05) is 43.5 Å². The molecule has 7 nitrogen and oxygen atoms in total. The van der Waals surface area contributed by atoms with Crippen molar-refractivity contribution in [3.63, 3.8) is 0 Å². The fourth-order valence-electron chi connectivity index (χ4n) is 3.99. The van der Waals surface area contributed by atoms with E-state index in [-0.39, 0.29) is 16.8 Å². The second-order valence-corrected chi connectivity index (χ2v) is 10.2. The van der Waals surface area contributed by atoms with Gasteiger partial charge < -0.3 is 14.8 Å². The van der Waals surface area contributed by atoms with Gasteiger partial charge in [0.2, 0.25) is 10.0 Å². The zero-order valence-electron chi connectivity index (χ0n) is 19.5. The number of carbonyl (C=O) groups is 1. The lowest BCUT2D eigenvalue weighted by atomic mass is 9.96. The molecule has 0 atom stereocenters. The summed E-state index contributed by atoms with van der Waals surface area (Å²) in [4.78, 5) is 12.9. The summed E-state index contributed by atoms with van der Waals surface area (Å²) in [5.74, 6) is 1.02. The molecule has 0 radical (unpaired) electrons. The average molecular weight is 495 g/mol. The number of benzene rings is 3. The lowest BCUT2D eigenvalue weighted by Crippen LogP contribution is -2.36. The van der Waals surface area contributed by atoms with E-state index >= 15 is 0 Å². The SMILES string of the molecule is O=C(Nc1ccc(S(=O)(=O)NC2CCCCC2)cc1)c1cccc(OCCOc2ccccc2)c1. The second kappa shape index (κ2) is 11.9. The van der Waals surface area contributed by atoms with Crippen LogP contribution in [0.15, 0.2) is 83.8 Å². The molecule has 0 aliphatic heterocycles. The van der Waals surface area contributed by atoms with Crippen molar-refractivity contribution in [1.29, 1.82) is 0 Å². The Morgan fingerprint density at radius 2 is 1.46 bits per heavy atom. The molecule has 2 N–H and O–H groups in total. The van der Waals surface area contributed by atoms with Gasteiger partial charge in [-0.3, -0.25) is 4.79 Å². The number of amides is 1. The highest BCUT2D eigenvalue weighted by Gasteiger charge is 2.21. The first kappa shape index (κ1) is 24.8. The molecule has 1 aliphatic carbocycles. The van der Waals surface area contributed by atoms with Gasteiger partial charge in [-0.2, -0.15) is 0 Å². The van der Waals surface area contributed by atoms with Crippen LogP contribution in [-0.2, 0) is 10.0 Å². The molecule has 0 heterocycles. The van der Waals surface area contributed by atoms with Crippen molar-refractivity contribution in [2.45, 2.75) is 43.0 Å². The van der Waals surface area contributed by atoms with Crippen molar-refractivity contribution in [2.75, 3.05) is 18.5 Å². The minimum absolute atomic E-state index is 0.00692. The highest BCUT2D eigenvalue weighted by molar-refractivity contribution is 7.89.